The zero-order chi connectivity index (χ0) is 14.9. The van der Waals surface area contributed by atoms with Crippen LogP contribution in [0.5, 0.6) is 0 Å². The number of piperazine rings is 1. The first-order chi connectivity index (χ1) is 10.8. The second-order valence-corrected chi connectivity index (χ2v) is 6.36. The lowest BCUT2D eigenvalue weighted by molar-refractivity contribution is 0.645. The van der Waals surface area contributed by atoms with E-state index in [0.29, 0.717) is 0 Å². The molecule has 114 valence electrons. The van der Waals surface area contributed by atoms with Crippen LogP contribution in [0.1, 0.15) is 29.9 Å². The van der Waals surface area contributed by atoms with Crippen molar-refractivity contribution in [3.63, 3.8) is 0 Å². The molecular weight excluding hydrogens is 272 g/mol. The van der Waals surface area contributed by atoms with E-state index in [1.165, 1.54) is 29.7 Å². The Hall–Kier alpha value is -2.10. The van der Waals surface area contributed by atoms with Gasteiger partial charge < -0.3 is 9.80 Å². The van der Waals surface area contributed by atoms with Gasteiger partial charge in [0.05, 0.1) is 11.9 Å². The molecule has 22 heavy (non-hydrogen) atoms. The molecule has 4 heteroatoms. The maximum absolute atomic E-state index is 4.67. The van der Waals surface area contributed by atoms with Crippen LogP contribution in [-0.4, -0.2) is 36.1 Å². The standard InChI is InChI=1S/C18H22N4/c1-14-6-7-19-13-17(14)21-8-10-22(11-9-21)18-5-4-16(12-20-18)15-2-3-15/h4-7,12-13,15H,2-3,8-11H2,1H3. The third-order valence-corrected chi connectivity index (χ3v) is 4.78. The molecule has 0 N–H and O–H groups in total. The second kappa shape index (κ2) is 5.59. The molecular formula is C18H22N4. The molecule has 2 aromatic heterocycles. The molecule has 1 aliphatic carbocycles. The summed E-state index contributed by atoms with van der Waals surface area (Å²) in [6.07, 6.45) is 8.59. The molecule has 1 aliphatic heterocycles. The summed E-state index contributed by atoms with van der Waals surface area (Å²) >= 11 is 0. The average Bonchev–Trinajstić information content (AvgIpc) is 3.41. The van der Waals surface area contributed by atoms with E-state index in [-0.39, 0.29) is 0 Å². The van der Waals surface area contributed by atoms with E-state index in [0.717, 1.165) is 37.9 Å². The predicted octanol–water partition coefficient (Wildman–Crippen LogP) is 2.99. The Kier molecular flexibility index (Phi) is 3.45. The van der Waals surface area contributed by atoms with Crippen molar-refractivity contribution in [2.75, 3.05) is 36.0 Å². The van der Waals surface area contributed by atoms with Crippen LogP contribution in [-0.2, 0) is 0 Å². The molecule has 2 fully saturated rings. The summed E-state index contributed by atoms with van der Waals surface area (Å²) in [4.78, 5) is 13.8. The number of hydrogen-bond donors (Lipinski definition) is 0. The summed E-state index contributed by atoms with van der Waals surface area (Å²) in [6.45, 7) is 6.24. The van der Waals surface area contributed by atoms with Crippen molar-refractivity contribution < 1.29 is 0 Å². The molecule has 0 aromatic carbocycles. The molecule has 0 atom stereocenters. The van der Waals surface area contributed by atoms with Crippen molar-refractivity contribution in [1.29, 1.82) is 0 Å². The Balaban J connectivity index is 1.42. The van der Waals surface area contributed by atoms with Crippen LogP contribution < -0.4 is 9.80 Å². The molecule has 0 unspecified atom stereocenters. The molecule has 0 spiro atoms. The largest absolute Gasteiger partial charge is 0.367 e. The summed E-state index contributed by atoms with van der Waals surface area (Å²) in [7, 11) is 0. The molecule has 2 aliphatic rings. The number of anilines is 2. The fourth-order valence-corrected chi connectivity index (χ4v) is 3.21. The Bertz CT molecular complexity index is 640. The average molecular weight is 294 g/mol. The maximum atomic E-state index is 4.67. The minimum atomic E-state index is 0.784. The van der Waals surface area contributed by atoms with Gasteiger partial charge in [0.25, 0.3) is 0 Å². The first kappa shape index (κ1) is 13.6. The smallest absolute Gasteiger partial charge is 0.128 e. The van der Waals surface area contributed by atoms with Crippen LogP contribution in [0.25, 0.3) is 0 Å². The predicted molar refractivity (Wildman–Crippen MR) is 89.6 cm³/mol. The first-order valence-corrected chi connectivity index (χ1v) is 8.18. The lowest BCUT2D eigenvalue weighted by atomic mass is 10.2. The zero-order valence-corrected chi connectivity index (χ0v) is 13.1. The highest BCUT2D eigenvalue weighted by molar-refractivity contribution is 5.53. The van der Waals surface area contributed by atoms with Crippen molar-refractivity contribution in [1.82, 2.24) is 9.97 Å². The lowest BCUT2D eigenvalue weighted by Gasteiger charge is -2.37. The van der Waals surface area contributed by atoms with Crippen molar-refractivity contribution in [3.05, 3.63) is 47.9 Å². The van der Waals surface area contributed by atoms with Gasteiger partial charge in [-0.15, -0.1) is 0 Å². The molecule has 0 amide bonds. The topological polar surface area (TPSA) is 32.3 Å². The summed E-state index contributed by atoms with van der Waals surface area (Å²) in [5.74, 6) is 1.90. The van der Waals surface area contributed by atoms with Crippen LogP contribution >= 0.6 is 0 Å². The van der Waals surface area contributed by atoms with Gasteiger partial charge in [-0.2, -0.15) is 0 Å². The fraction of sp³-hybridized carbons (Fsp3) is 0.444. The highest BCUT2D eigenvalue weighted by Gasteiger charge is 2.24. The number of pyridine rings is 2. The summed E-state index contributed by atoms with van der Waals surface area (Å²) < 4.78 is 0. The van der Waals surface area contributed by atoms with Gasteiger partial charge >= 0.3 is 0 Å². The monoisotopic (exact) mass is 294 g/mol. The first-order valence-electron chi connectivity index (χ1n) is 8.18. The van der Waals surface area contributed by atoms with Crippen LogP contribution in [0.3, 0.4) is 0 Å². The lowest BCUT2D eigenvalue weighted by Crippen LogP contribution is -2.47. The highest BCUT2D eigenvalue weighted by atomic mass is 15.3. The Morgan fingerprint density at radius 3 is 2.36 bits per heavy atom. The number of aryl methyl sites for hydroxylation is 1. The molecule has 4 nitrogen and oxygen atoms in total. The van der Waals surface area contributed by atoms with Crippen molar-refractivity contribution in [2.45, 2.75) is 25.7 Å². The molecule has 2 aromatic rings. The van der Waals surface area contributed by atoms with Gasteiger partial charge in [-0.3, -0.25) is 4.98 Å². The van der Waals surface area contributed by atoms with Crippen LogP contribution in [0.2, 0.25) is 0 Å². The molecule has 4 rings (SSSR count). The Labute approximate surface area is 131 Å². The highest BCUT2D eigenvalue weighted by Crippen LogP contribution is 2.39. The molecule has 1 saturated heterocycles. The van der Waals surface area contributed by atoms with Gasteiger partial charge in [0.1, 0.15) is 5.82 Å². The van der Waals surface area contributed by atoms with E-state index >= 15 is 0 Å². The van der Waals surface area contributed by atoms with E-state index in [1.54, 1.807) is 0 Å². The Morgan fingerprint density at radius 2 is 1.73 bits per heavy atom. The zero-order valence-electron chi connectivity index (χ0n) is 13.1. The summed E-state index contributed by atoms with van der Waals surface area (Å²) in [5.41, 5.74) is 3.97. The molecule has 0 radical (unpaired) electrons. The van der Waals surface area contributed by atoms with E-state index in [1.807, 2.05) is 12.4 Å². The molecule has 1 saturated carbocycles. The van der Waals surface area contributed by atoms with Gasteiger partial charge in [0.15, 0.2) is 0 Å². The van der Waals surface area contributed by atoms with Gasteiger partial charge in [0.2, 0.25) is 0 Å². The summed E-state index contributed by atoms with van der Waals surface area (Å²) in [5, 5.41) is 0. The summed E-state index contributed by atoms with van der Waals surface area (Å²) in [6, 6.07) is 6.54. The van der Waals surface area contributed by atoms with E-state index in [4.69, 9.17) is 0 Å². The number of nitrogens with zero attached hydrogens (tertiary/aromatic N) is 4. The maximum Gasteiger partial charge on any atom is 0.128 e. The molecule has 0 bridgehead atoms. The van der Waals surface area contributed by atoms with Gasteiger partial charge in [0, 0.05) is 38.6 Å². The Morgan fingerprint density at radius 1 is 0.955 bits per heavy atom. The van der Waals surface area contributed by atoms with Gasteiger partial charge in [-0.1, -0.05) is 6.07 Å². The van der Waals surface area contributed by atoms with Crippen molar-refractivity contribution in [2.24, 2.45) is 0 Å². The minimum Gasteiger partial charge on any atom is -0.367 e. The molecule has 3 heterocycles. The van der Waals surface area contributed by atoms with Crippen LogP contribution in [0.15, 0.2) is 36.8 Å². The van der Waals surface area contributed by atoms with Crippen molar-refractivity contribution >= 4 is 11.5 Å². The SMILES string of the molecule is Cc1ccncc1N1CCN(c2ccc(C3CC3)cn2)CC1. The third kappa shape index (κ3) is 2.65. The number of rotatable bonds is 3. The van der Waals surface area contributed by atoms with E-state index < -0.39 is 0 Å². The van der Waals surface area contributed by atoms with Crippen LogP contribution in [0, 0.1) is 6.92 Å². The minimum absolute atomic E-state index is 0.784. The quantitative estimate of drug-likeness (QED) is 0.871. The normalized spacial score (nSPS) is 18.6. The van der Waals surface area contributed by atoms with E-state index in [9.17, 15) is 0 Å². The van der Waals surface area contributed by atoms with E-state index in [2.05, 4.69) is 51.1 Å². The van der Waals surface area contributed by atoms with Gasteiger partial charge in [-0.25, -0.2) is 4.98 Å². The fourth-order valence-electron chi connectivity index (χ4n) is 3.21. The number of aromatic nitrogens is 2. The van der Waals surface area contributed by atoms with Gasteiger partial charge in [-0.05, 0) is 48.9 Å². The second-order valence-electron chi connectivity index (χ2n) is 6.36. The van der Waals surface area contributed by atoms with Crippen molar-refractivity contribution in [3.8, 4) is 0 Å². The van der Waals surface area contributed by atoms with Crippen LogP contribution in [0.4, 0.5) is 11.5 Å². The third-order valence-electron chi connectivity index (χ3n) is 4.78. The number of hydrogen-bond acceptors (Lipinski definition) is 4.